The van der Waals surface area contributed by atoms with Crippen LogP contribution in [0.4, 0.5) is 15.8 Å². The molecule has 0 unspecified atom stereocenters. The molecule has 0 spiro atoms. The Bertz CT molecular complexity index is 761. The van der Waals surface area contributed by atoms with Gasteiger partial charge in [0.2, 0.25) is 11.8 Å². The first-order chi connectivity index (χ1) is 11.6. The Balaban J connectivity index is 1.71. The van der Waals surface area contributed by atoms with Gasteiger partial charge in [-0.05, 0) is 36.4 Å². The van der Waals surface area contributed by atoms with Crippen molar-refractivity contribution >= 4 is 23.2 Å². The quantitative estimate of drug-likeness (QED) is 0.939. The summed E-state index contributed by atoms with van der Waals surface area (Å²) in [5, 5.41) is 2.80. The van der Waals surface area contributed by atoms with Crippen molar-refractivity contribution in [2.45, 2.75) is 6.42 Å². The van der Waals surface area contributed by atoms with Crippen LogP contribution in [0.3, 0.4) is 0 Å². The summed E-state index contributed by atoms with van der Waals surface area (Å²) in [6, 6.07) is 12.8. The molecular formula is C18H17FN2O3. The predicted molar refractivity (Wildman–Crippen MR) is 88.5 cm³/mol. The van der Waals surface area contributed by atoms with Gasteiger partial charge in [0.15, 0.2) is 0 Å². The third-order valence-corrected chi connectivity index (χ3v) is 4.00. The van der Waals surface area contributed by atoms with Gasteiger partial charge in [-0.2, -0.15) is 0 Å². The van der Waals surface area contributed by atoms with E-state index < -0.39 is 5.92 Å². The standard InChI is InChI=1S/C18H17FN2O3/c1-24-16-5-3-2-4-15(16)20-18(23)12-10-17(22)21(11-12)14-8-6-13(19)7-9-14/h2-9,12H,10-11H2,1H3,(H,20,23)/t12-/m1/s1. The molecule has 1 saturated heterocycles. The molecule has 0 radical (unpaired) electrons. The van der Waals surface area contributed by atoms with Gasteiger partial charge in [0.25, 0.3) is 0 Å². The number of nitrogens with zero attached hydrogens (tertiary/aromatic N) is 1. The summed E-state index contributed by atoms with van der Waals surface area (Å²) in [5.74, 6) is -0.659. The van der Waals surface area contributed by atoms with Crippen molar-refractivity contribution in [3.8, 4) is 5.75 Å². The molecule has 1 fully saturated rings. The third-order valence-electron chi connectivity index (χ3n) is 4.00. The monoisotopic (exact) mass is 328 g/mol. The normalized spacial score (nSPS) is 17.0. The van der Waals surface area contributed by atoms with E-state index in [9.17, 15) is 14.0 Å². The highest BCUT2D eigenvalue weighted by atomic mass is 19.1. The SMILES string of the molecule is COc1ccccc1NC(=O)[C@@H]1CC(=O)N(c2ccc(F)cc2)C1. The number of halogens is 1. The molecule has 2 amide bonds. The highest BCUT2D eigenvalue weighted by Crippen LogP contribution is 2.28. The highest BCUT2D eigenvalue weighted by Gasteiger charge is 2.35. The number of methoxy groups -OCH3 is 1. The van der Waals surface area contributed by atoms with E-state index in [0.29, 0.717) is 17.1 Å². The fourth-order valence-electron chi connectivity index (χ4n) is 2.74. The molecule has 5 nitrogen and oxygen atoms in total. The molecule has 0 bridgehead atoms. The Labute approximate surface area is 139 Å². The Kier molecular flexibility index (Phi) is 4.46. The minimum absolute atomic E-state index is 0.123. The number of ether oxygens (including phenoxy) is 1. The van der Waals surface area contributed by atoms with E-state index in [4.69, 9.17) is 4.74 Å². The molecule has 0 saturated carbocycles. The lowest BCUT2D eigenvalue weighted by molar-refractivity contribution is -0.122. The van der Waals surface area contributed by atoms with Crippen LogP contribution in [0.1, 0.15) is 6.42 Å². The first-order valence-electron chi connectivity index (χ1n) is 7.58. The molecular weight excluding hydrogens is 311 g/mol. The van der Waals surface area contributed by atoms with Gasteiger partial charge >= 0.3 is 0 Å². The summed E-state index contributed by atoms with van der Waals surface area (Å²) in [4.78, 5) is 26.1. The molecule has 1 N–H and O–H groups in total. The van der Waals surface area contributed by atoms with E-state index in [1.807, 2.05) is 6.07 Å². The average molecular weight is 328 g/mol. The van der Waals surface area contributed by atoms with Crippen LogP contribution in [0.15, 0.2) is 48.5 Å². The van der Waals surface area contributed by atoms with Crippen LogP contribution >= 0.6 is 0 Å². The molecule has 2 aromatic rings. The maximum atomic E-state index is 13.0. The Morgan fingerprint density at radius 2 is 1.92 bits per heavy atom. The topological polar surface area (TPSA) is 58.6 Å². The summed E-state index contributed by atoms with van der Waals surface area (Å²) >= 11 is 0. The molecule has 1 aliphatic rings. The summed E-state index contributed by atoms with van der Waals surface area (Å²) in [7, 11) is 1.53. The summed E-state index contributed by atoms with van der Waals surface area (Å²) < 4.78 is 18.2. The first-order valence-corrected chi connectivity index (χ1v) is 7.58. The number of benzene rings is 2. The van der Waals surface area contributed by atoms with Crippen LogP contribution < -0.4 is 15.0 Å². The van der Waals surface area contributed by atoms with Crippen molar-refractivity contribution in [2.24, 2.45) is 5.92 Å². The highest BCUT2D eigenvalue weighted by molar-refractivity contribution is 6.03. The smallest absolute Gasteiger partial charge is 0.229 e. The van der Waals surface area contributed by atoms with E-state index >= 15 is 0 Å². The zero-order chi connectivity index (χ0) is 17.1. The molecule has 1 atom stereocenters. The first kappa shape index (κ1) is 16.0. The Hall–Kier alpha value is -2.89. The molecule has 124 valence electrons. The second kappa shape index (κ2) is 6.70. The van der Waals surface area contributed by atoms with Gasteiger partial charge in [-0.25, -0.2) is 4.39 Å². The average Bonchev–Trinajstić information content (AvgIpc) is 2.98. The van der Waals surface area contributed by atoms with E-state index in [2.05, 4.69) is 5.32 Å². The zero-order valence-corrected chi connectivity index (χ0v) is 13.2. The molecule has 0 aliphatic carbocycles. The second-order valence-electron chi connectivity index (χ2n) is 5.57. The maximum Gasteiger partial charge on any atom is 0.229 e. The van der Waals surface area contributed by atoms with Gasteiger partial charge in [-0.15, -0.1) is 0 Å². The van der Waals surface area contributed by atoms with Crippen molar-refractivity contribution < 1.29 is 18.7 Å². The van der Waals surface area contributed by atoms with Crippen LogP contribution in [-0.2, 0) is 9.59 Å². The molecule has 2 aromatic carbocycles. The minimum atomic E-state index is -0.465. The number of hydrogen-bond acceptors (Lipinski definition) is 3. The van der Waals surface area contributed by atoms with Crippen molar-refractivity contribution in [2.75, 3.05) is 23.9 Å². The molecule has 0 aromatic heterocycles. The van der Waals surface area contributed by atoms with Crippen molar-refractivity contribution in [1.82, 2.24) is 0 Å². The lowest BCUT2D eigenvalue weighted by Gasteiger charge is -2.17. The molecule has 6 heteroatoms. The van der Waals surface area contributed by atoms with E-state index in [-0.39, 0.29) is 30.6 Å². The van der Waals surface area contributed by atoms with Crippen LogP contribution in [0.2, 0.25) is 0 Å². The number of nitrogens with one attached hydrogen (secondary N) is 1. The molecule has 3 rings (SSSR count). The Morgan fingerprint density at radius 1 is 1.21 bits per heavy atom. The molecule has 24 heavy (non-hydrogen) atoms. The van der Waals surface area contributed by atoms with E-state index in [1.54, 1.807) is 18.2 Å². The van der Waals surface area contributed by atoms with Crippen LogP contribution in [0, 0.1) is 11.7 Å². The van der Waals surface area contributed by atoms with Gasteiger partial charge in [0.05, 0.1) is 18.7 Å². The van der Waals surface area contributed by atoms with Crippen molar-refractivity contribution in [3.63, 3.8) is 0 Å². The maximum absolute atomic E-state index is 13.0. The van der Waals surface area contributed by atoms with E-state index in [1.165, 1.54) is 36.3 Å². The van der Waals surface area contributed by atoms with Crippen molar-refractivity contribution in [1.29, 1.82) is 0 Å². The number of carbonyl (C=O) groups excluding carboxylic acids is 2. The summed E-state index contributed by atoms with van der Waals surface area (Å²) in [5.41, 5.74) is 1.16. The van der Waals surface area contributed by atoms with Crippen LogP contribution in [0.25, 0.3) is 0 Å². The van der Waals surface area contributed by atoms with Gasteiger partial charge in [0.1, 0.15) is 11.6 Å². The second-order valence-corrected chi connectivity index (χ2v) is 5.57. The lowest BCUT2D eigenvalue weighted by atomic mass is 10.1. The summed E-state index contributed by atoms with van der Waals surface area (Å²) in [6.45, 7) is 0.269. The fraction of sp³-hybridized carbons (Fsp3) is 0.222. The zero-order valence-electron chi connectivity index (χ0n) is 13.2. The number of hydrogen-bond donors (Lipinski definition) is 1. The van der Waals surface area contributed by atoms with Gasteiger partial charge in [-0.3, -0.25) is 9.59 Å². The van der Waals surface area contributed by atoms with Crippen molar-refractivity contribution in [3.05, 3.63) is 54.3 Å². The van der Waals surface area contributed by atoms with Crippen LogP contribution in [0.5, 0.6) is 5.75 Å². The lowest BCUT2D eigenvalue weighted by Crippen LogP contribution is -2.28. The Morgan fingerprint density at radius 3 is 2.62 bits per heavy atom. The number of carbonyl (C=O) groups is 2. The fourth-order valence-corrected chi connectivity index (χ4v) is 2.74. The largest absolute Gasteiger partial charge is 0.495 e. The minimum Gasteiger partial charge on any atom is -0.495 e. The summed E-state index contributed by atoms with van der Waals surface area (Å²) in [6.07, 6.45) is 0.123. The van der Waals surface area contributed by atoms with Gasteiger partial charge in [0, 0.05) is 18.7 Å². The van der Waals surface area contributed by atoms with E-state index in [0.717, 1.165) is 0 Å². The van der Waals surface area contributed by atoms with Gasteiger partial charge in [-0.1, -0.05) is 12.1 Å². The molecule has 1 aliphatic heterocycles. The number of amides is 2. The number of anilines is 2. The molecule has 1 heterocycles. The van der Waals surface area contributed by atoms with Crippen LogP contribution in [-0.4, -0.2) is 25.5 Å². The third kappa shape index (κ3) is 3.22. The number of para-hydroxylation sites is 2. The predicted octanol–water partition coefficient (Wildman–Crippen LogP) is 2.83. The number of rotatable bonds is 4. The van der Waals surface area contributed by atoms with Gasteiger partial charge < -0.3 is 15.0 Å².